The first-order chi connectivity index (χ1) is 7.77. The first kappa shape index (κ1) is 12.4. The average Bonchev–Trinajstić information content (AvgIpc) is 2.40. The molecule has 0 aromatic carbocycles. The maximum Gasteiger partial charge on any atom is 0.170 e. The molecule has 0 aliphatic heterocycles. The van der Waals surface area contributed by atoms with Crippen molar-refractivity contribution in [2.24, 2.45) is 11.8 Å². The molecule has 0 radical (unpaired) electrons. The van der Waals surface area contributed by atoms with E-state index in [-0.39, 0.29) is 0 Å². The zero-order valence-corrected chi connectivity index (χ0v) is 10.6. The van der Waals surface area contributed by atoms with Crippen molar-refractivity contribution in [3.63, 3.8) is 0 Å². The van der Waals surface area contributed by atoms with Gasteiger partial charge in [0, 0.05) is 18.9 Å². The molecule has 0 spiro atoms. The summed E-state index contributed by atoms with van der Waals surface area (Å²) in [6.45, 7) is 0. The van der Waals surface area contributed by atoms with E-state index in [0.29, 0.717) is 11.8 Å². The summed E-state index contributed by atoms with van der Waals surface area (Å²) in [7, 11) is 1.70. The van der Waals surface area contributed by atoms with E-state index in [0.717, 1.165) is 25.7 Å². The molecule has 0 bridgehead atoms. The lowest BCUT2D eigenvalue weighted by Crippen LogP contribution is -2.48. The number of aliphatic hydroxyl groups is 1. The number of methoxy groups -OCH3 is 1. The highest BCUT2D eigenvalue weighted by Crippen LogP contribution is 2.43. The van der Waals surface area contributed by atoms with Gasteiger partial charge in [-0.2, -0.15) is 0 Å². The predicted octanol–water partition coefficient (Wildman–Crippen LogP) is 3.48. The monoisotopic (exact) mass is 226 g/mol. The van der Waals surface area contributed by atoms with Gasteiger partial charge in [-0.25, -0.2) is 0 Å². The Balaban J connectivity index is 2.03. The highest BCUT2D eigenvalue weighted by atomic mass is 16.6. The van der Waals surface area contributed by atoms with Gasteiger partial charge >= 0.3 is 0 Å². The van der Waals surface area contributed by atoms with E-state index in [4.69, 9.17) is 4.74 Å². The van der Waals surface area contributed by atoms with Gasteiger partial charge in [-0.1, -0.05) is 38.5 Å². The molecule has 2 nitrogen and oxygen atoms in total. The molecule has 2 saturated carbocycles. The summed E-state index contributed by atoms with van der Waals surface area (Å²) in [6.07, 6.45) is 12.4. The summed E-state index contributed by atoms with van der Waals surface area (Å²) in [5, 5.41) is 10.8. The Morgan fingerprint density at radius 2 is 1.19 bits per heavy atom. The fourth-order valence-electron chi connectivity index (χ4n) is 3.70. The Hall–Kier alpha value is -0.0800. The Morgan fingerprint density at radius 1 is 0.812 bits per heavy atom. The molecule has 2 heteroatoms. The molecule has 16 heavy (non-hydrogen) atoms. The first-order valence-corrected chi connectivity index (χ1v) is 7.05. The van der Waals surface area contributed by atoms with E-state index >= 15 is 0 Å². The van der Waals surface area contributed by atoms with Gasteiger partial charge < -0.3 is 9.84 Å². The number of ether oxygens (including phenoxy) is 1. The van der Waals surface area contributed by atoms with Crippen molar-refractivity contribution in [1.82, 2.24) is 0 Å². The van der Waals surface area contributed by atoms with Gasteiger partial charge in [0.25, 0.3) is 0 Å². The normalized spacial score (nSPS) is 25.9. The van der Waals surface area contributed by atoms with Gasteiger partial charge in [0.1, 0.15) is 0 Å². The van der Waals surface area contributed by atoms with Crippen LogP contribution in [0.1, 0.15) is 64.2 Å². The molecule has 2 rings (SSSR count). The van der Waals surface area contributed by atoms with Crippen LogP contribution in [0.5, 0.6) is 0 Å². The standard InChI is InChI=1S/C14H26O2/c1-16-14(15,12-8-4-2-5-9-12)13-10-6-3-7-11-13/h12-13,15H,2-11H2,1H3. The Kier molecular flexibility index (Phi) is 4.26. The van der Waals surface area contributed by atoms with Crippen LogP contribution >= 0.6 is 0 Å². The summed E-state index contributed by atoms with van der Waals surface area (Å²) in [4.78, 5) is 0. The number of hydrogen-bond donors (Lipinski definition) is 1. The topological polar surface area (TPSA) is 29.5 Å². The zero-order chi connectivity index (χ0) is 11.4. The van der Waals surface area contributed by atoms with Crippen molar-refractivity contribution in [3.8, 4) is 0 Å². The van der Waals surface area contributed by atoms with Crippen LogP contribution in [0.2, 0.25) is 0 Å². The zero-order valence-electron chi connectivity index (χ0n) is 10.6. The summed E-state index contributed by atoms with van der Waals surface area (Å²) in [5.41, 5.74) is 0. The molecular formula is C14H26O2. The van der Waals surface area contributed by atoms with E-state index in [9.17, 15) is 5.11 Å². The Labute approximate surface area is 99.4 Å². The van der Waals surface area contributed by atoms with E-state index < -0.39 is 5.79 Å². The van der Waals surface area contributed by atoms with Gasteiger partial charge in [-0.15, -0.1) is 0 Å². The number of rotatable bonds is 3. The van der Waals surface area contributed by atoms with E-state index in [2.05, 4.69) is 0 Å². The molecule has 0 aromatic rings. The largest absolute Gasteiger partial charge is 0.365 e. The van der Waals surface area contributed by atoms with Crippen LogP contribution < -0.4 is 0 Å². The molecule has 94 valence electrons. The van der Waals surface area contributed by atoms with Gasteiger partial charge in [0.2, 0.25) is 0 Å². The fourth-order valence-corrected chi connectivity index (χ4v) is 3.70. The molecule has 1 N–H and O–H groups in total. The third kappa shape index (κ3) is 2.43. The maximum atomic E-state index is 10.8. The molecule has 2 aliphatic carbocycles. The summed E-state index contributed by atoms with van der Waals surface area (Å²) < 4.78 is 5.57. The molecule has 0 unspecified atom stereocenters. The van der Waals surface area contributed by atoms with Gasteiger partial charge in [-0.3, -0.25) is 0 Å². The van der Waals surface area contributed by atoms with Crippen LogP contribution in [0.25, 0.3) is 0 Å². The lowest BCUT2D eigenvalue weighted by Gasteiger charge is -2.44. The average molecular weight is 226 g/mol. The summed E-state index contributed by atoms with van der Waals surface area (Å²) in [5.74, 6) is -0.0513. The minimum atomic E-state index is -0.819. The second kappa shape index (κ2) is 5.50. The molecular weight excluding hydrogens is 200 g/mol. The molecule has 2 aliphatic rings. The van der Waals surface area contributed by atoms with Crippen molar-refractivity contribution in [2.45, 2.75) is 70.0 Å². The number of hydrogen-bond acceptors (Lipinski definition) is 2. The fraction of sp³-hybridized carbons (Fsp3) is 1.00. The molecule has 0 aromatic heterocycles. The van der Waals surface area contributed by atoms with E-state index in [1.807, 2.05) is 0 Å². The van der Waals surface area contributed by atoms with Crippen LogP contribution in [-0.2, 0) is 4.74 Å². The van der Waals surface area contributed by atoms with Crippen LogP contribution in [0.4, 0.5) is 0 Å². The second-order valence-corrected chi connectivity index (χ2v) is 5.63. The molecule has 0 heterocycles. The second-order valence-electron chi connectivity index (χ2n) is 5.63. The van der Waals surface area contributed by atoms with E-state index in [1.165, 1.54) is 38.5 Å². The van der Waals surface area contributed by atoms with Crippen LogP contribution in [-0.4, -0.2) is 18.0 Å². The highest BCUT2D eigenvalue weighted by molar-refractivity contribution is 4.88. The van der Waals surface area contributed by atoms with E-state index in [1.54, 1.807) is 7.11 Å². The van der Waals surface area contributed by atoms with Gasteiger partial charge in [-0.05, 0) is 25.7 Å². The van der Waals surface area contributed by atoms with Crippen LogP contribution in [0.3, 0.4) is 0 Å². The lowest BCUT2D eigenvalue weighted by molar-refractivity contribution is -0.264. The van der Waals surface area contributed by atoms with Crippen LogP contribution in [0, 0.1) is 11.8 Å². The minimum Gasteiger partial charge on any atom is -0.365 e. The quantitative estimate of drug-likeness (QED) is 0.747. The third-order valence-electron chi connectivity index (χ3n) is 4.71. The van der Waals surface area contributed by atoms with Gasteiger partial charge in [0.05, 0.1) is 0 Å². The van der Waals surface area contributed by atoms with Crippen LogP contribution in [0.15, 0.2) is 0 Å². The maximum absolute atomic E-state index is 10.8. The molecule has 0 atom stereocenters. The van der Waals surface area contributed by atoms with Crippen molar-refractivity contribution in [2.75, 3.05) is 7.11 Å². The third-order valence-corrected chi connectivity index (χ3v) is 4.71. The highest BCUT2D eigenvalue weighted by Gasteiger charge is 2.44. The molecule has 2 fully saturated rings. The van der Waals surface area contributed by atoms with Crippen molar-refractivity contribution >= 4 is 0 Å². The summed E-state index contributed by atoms with van der Waals surface area (Å²) >= 11 is 0. The first-order valence-electron chi connectivity index (χ1n) is 7.05. The van der Waals surface area contributed by atoms with Crippen molar-refractivity contribution in [3.05, 3.63) is 0 Å². The molecule has 0 saturated heterocycles. The predicted molar refractivity (Wildman–Crippen MR) is 65.1 cm³/mol. The SMILES string of the molecule is COC(O)(C1CCCCC1)C1CCCCC1. The van der Waals surface area contributed by atoms with Crippen molar-refractivity contribution in [1.29, 1.82) is 0 Å². The van der Waals surface area contributed by atoms with Crippen molar-refractivity contribution < 1.29 is 9.84 Å². The lowest BCUT2D eigenvalue weighted by atomic mass is 9.72. The Morgan fingerprint density at radius 3 is 1.50 bits per heavy atom. The van der Waals surface area contributed by atoms with Gasteiger partial charge in [0.15, 0.2) is 5.79 Å². The molecule has 0 amide bonds. The summed E-state index contributed by atoms with van der Waals surface area (Å²) in [6, 6.07) is 0. The smallest absolute Gasteiger partial charge is 0.170 e. The minimum absolute atomic E-state index is 0.384. The Bertz CT molecular complexity index is 185.